The zero-order valence-corrected chi connectivity index (χ0v) is 12.2. The molecule has 1 aromatic rings. The van der Waals surface area contributed by atoms with Crippen LogP contribution in [-0.4, -0.2) is 26.2 Å². The van der Waals surface area contributed by atoms with Crippen LogP contribution in [0.4, 0.5) is 5.69 Å². The lowest BCUT2D eigenvalue weighted by Gasteiger charge is -2.16. The molecule has 1 unspecified atom stereocenters. The van der Waals surface area contributed by atoms with Gasteiger partial charge in [0.25, 0.3) is 0 Å². The van der Waals surface area contributed by atoms with Crippen molar-refractivity contribution in [3.8, 4) is 0 Å². The Hall–Kier alpha value is -1.11. The van der Waals surface area contributed by atoms with Gasteiger partial charge in [-0.2, -0.15) is 0 Å². The standard InChI is InChI=1S/C13H22N2O3S/c1-3-10-5-6-12(9-13(10)14)19(17,18)15-11(4-2)7-8-16/h5-6,9,11,15-16H,3-4,7-8,14H2,1-2H3. The summed E-state index contributed by atoms with van der Waals surface area (Å²) in [7, 11) is -3.58. The molecule has 0 aliphatic rings. The second-order valence-electron chi connectivity index (χ2n) is 4.45. The Morgan fingerprint density at radius 3 is 2.53 bits per heavy atom. The molecule has 19 heavy (non-hydrogen) atoms. The van der Waals surface area contributed by atoms with Gasteiger partial charge in [0.1, 0.15) is 0 Å². The molecule has 0 amide bonds. The molecule has 1 atom stereocenters. The third-order valence-electron chi connectivity index (χ3n) is 3.10. The molecule has 5 nitrogen and oxygen atoms in total. The van der Waals surface area contributed by atoms with Crippen molar-refractivity contribution in [1.29, 1.82) is 0 Å². The van der Waals surface area contributed by atoms with Gasteiger partial charge in [-0.3, -0.25) is 0 Å². The minimum absolute atomic E-state index is 0.0437. The molecule has 0 aliphatic heterocycles. The molecular formula is C13H22N2O3S. The number of anilines is 1. The van der Waals surface area contributed by atoms with E-state index in [2.05, 4.69) is 4.72 Å². The van der Waals surface area contributed by atoms with Crippen LogP contribution >= 0.6 is 0 Å². The minimum atomic E-state index is -3.58. The van der Waals surface area contributed by atoms with Crippen molar-refractivity contribution in [2.24, 2.45) is 0 Å². The summed E-state index contributed by atoms with van der Waals surface area (Å²) in [5.74, 6) is 0. The van der Waals surface area contributed by atoms with Crippen LogP contribution in [-0.2, 0) is 16.4 Å². The van der Waals surface area contributed by atoms with Gasteiger partial charge in [-0.05, 0) is 37.0 Å². The van der Waals surface area contributed by atoms with E-state index in [-0.39, 0.29) is 17.5 Å². The Morgan fingerprint density at radius 1 is 1.37 bits per heavy atom. The lowest BCUT2D eigenvalue weighted by Crippen LogP contribution is -2.35. The van der Waals surface area contributed by atoms with E-state index in [1.165, 1.54) is 6.07 Å². The lowest BCUT2D eigenvalue weighted by molar-refractivity contribution is 0.270. The van der Waals surface area contributed by atoms with E-state index in [4.69, 9.17) is 10.8 Å². The molecule has 0 bridgehead atoms. The molecule has 1 aromatic carbocycles. The van der Waals surface area contributed by atoms with Crippen LogP contribution in [0.3, 0.4) is 0 Å². The van der Waals surface area contributed by atoms with E-state index in [1.807, 2.05) is 13.8 Å². The van der Waals surface area contributed by atoms with Crippen molar-refractivity contribution in [2.45, 2.75) is 44.0 Å². The summed E-state index contributed by atoms with van der Waals surface area (Å²) in [6, 6.07) is 4.51. The molecule has 0 saturated heterocycles. The van der Waals surface area contributed by atoms with Gasteiger partial charge in [-0.15, -0.1) is 0 Å². The fraction of sp³-hybridized carbons (Fsp3) is 0.538. The number of hydrogen-bond donors (Lipinski definition) is 3. The summed E-state index contributed by atoms with van der Waals surface area (Å²) in [6.45, 7) is 3.79. The monoisotopic (exact) mass is 286 g/mol. The van der Waals surface area contributed by atoms with Crippen molar-refractivity contribution in [3.05, 3.63) is 23.8 Å². The van der Waals surface area contributed by atoms with Crippen molar-refractivity contribution in [1.82, 2.24) is 4.72 Å². The number of hydrogen-bond acceptors (Lipinski definition) is 4. The van der Waals surface area contributed by atoms with E-state index in [0.29, 0.717) is 18.5 Å². The molecular weight excluding hydrogens is 264 g/mol. The first-order valence-corrected chi connectivity index (χ1v) is 7.94. The van der Waals surface area contributed by atoms with E-state index >= 15 is 0 Å². The number of aliphatic hydroxyl groups excluding tert-OH is 1. The average molecular weight is 286 g/mol. The van der Waals surface area contributed by atoms with Crippen molar-refractivity contribution in [2.75, 3.05) is 12.3 Å². The number of benzene rings is 1. The number of aliphatic hydroxyl groups is 1. The number of nitrogens with one attached hydrogen (secondary N) is 1. The van der Waals surface area contributed by atoms with Gasteiger partial charge in [-0.25, -0.2) is 13.1 Å². The van der Waals surface area contributed by atoms with E-state index < -0.39 is 10.0 Å². The number of aryl methyl sites for hydroxylation is 1. The first-order valence-electron chi connectivity index (χ1n) is 6.46. The highest BCUT2D eigenvalue weighted by molar-refractivity contribution is 7.89. The van der Waals surface area contributed by atoms with Gasteiger partial charge < -0.3 is 10.8 Å². The van der Waals surface area contributed by atoms with Crippen molar-refractivity contribution in [3.63, 3.8) is 0 Å². The predicted molar refractivity (Wildman–Crippen MR) is 76.3 cm³/mol. The van der Waals surface area contributed by atoms with Gasteiger partial charge in [-0.1, -0.05) is 19.9 Å². The fourth-order valence-corrected chi connectivity index (χ4v) is 3.24. The molecule has 4 N–H and O–H groups in total. The van der Waals surface area contributed by atoms with Crippen LogP contribution in [0.15, 0.2) is 23.1 Å². The maximum Gasteiger partial charge on any atom is 0.240 e. The molecule has 6 heteroatoms. The zero-order valence-electron chi connectivity index (χ0n) is 11.4. The van der Waals surface area contributed by atoms with Crippen LogP contribution < -0.4 is 10.5 Å². The first kappa shape index (κ1) is 15.9. The molecule has 0 saturated carbocycles. The maximum atomic E-state index is 12.2. The van der Waals surface area contributed by atoms with Crippen LogP contribution in [0.25, 0.3) is 0 Å². The van der Waals surface area contributed by atoms with Gasteiger partial charge in [0, 0.05) is 18.3 Å². The molecule has 1 rings (SSSR count). The normalized spacial score (nSPS) is 13.4. The number of sulfonamides is 1. The largest absolute Gasteiger partial charge is 0.398 e. The molecule has 0 fully saturated rings. The van der Waals surface area contributed by atoms with Gasteiger partial charge in [0.2, 0.25) is 10.0 Å². The third-order valence-corrected chi connectivity index (χ3v) is 4.62. The Balaban J connectivity index is 2.96. The van der Waals surface area contributed by atoms with Gasteiger partial charge >= 0.3 is 0 Å². The summed E-state index contributed by atoms with van der Waals surface area (Å²) in [4.78, 5) is 0.165. The van der Waals surface area contributed by atoms with E-state index in [9.17, 15) is 8.42 Å². The van der Waals surface area contributed by atoms with Crippen LogP contribution in [0, 0.1) is 0 Å². The molecule has 0 spiro atoms. The van der Waals surface area contributed by atoms with Gasteiger partial charge in [0.05, 0.1) is 4.90 Å². The van der Waals surface area contributed by atoms with Gasteiger partial charge in [0.15, 0.2) is 0 Å². The predicted octanol–water partition coefficient (Wildman–Crippen LogP) is 1.27. The molecule has 0 aromatic heterocycles. The summed E-state index contributed by atoms with van der Waals surface area (Å²) in [5, 5.41) is 8.89. The number of nitrogens with two attached hydrogens (primary N) is 1. The fourth-order valence-electron chi connectivity index (χ4n) is 1.85. The minimum Gasteiger partial charge on any atom is -0.398 e. The Labute approximate surface area is 114 Å². The lowest BCUT2D eigenvalue weighted by atomic mass is 10.1. The highest BCUT2D eigenvalue weighted by Gasteiger charge is 2.19. The summed E-state index contributed by atoms with van der Waals surface area (Å²) < 4.78 is 26.9. The van der Waals surface area contributed by atoms with Crippen LogP contribution in [0.2, 0.25) is 0 Å². The third kappa shape index (κ3) is 4.19. The second kappa shape index (κ2) is 6.88. The molecule has 0 heterocycles. The molecule has 108 valence electrons. The summed E-state index contributed by atoms with van der Waals surface area (Å²) in [5.41, 5.74) is 7.24. The SMILES string of the molecule is CCc1ccc(S(=O)(=O)NC(CC)CCO)cc1N. The Morgan fingerprint density at radius 2 is 2.05 bits per heavy atom. The maximum absolute atomic E-state index is 12.2. The zero-order chi connectivity index (χ0) is 14.5. The quantitative estimate of drug-likeness (QED) is 0.658. The van der Waals surface area contributed by atoms with E-state index in [0.717, 1.165) is 12.0 Å². The second-order valence-corrected chi connectivity index (χ2v) is 6.17. The molecule has 0 radical (unpaired) electrons. The summed E-state index contributed by atoms with van der Waals surface area (Å²) >= 11 is 0. The highest BCUT2D eigenvalue weighted by Crippen LogP contribution is 2.19. The molecule has 0 aliphatic carbocycles. The number of nitrogen functional groups attached to an aromatic ring is 1. The van der Waals surface area contributed by atoms with E-state index in [1.54, 1.807) is 12.1 Å². The highest BCUT2D eigenvalue weighted by atomic mass is 32.2. The summed E-state index contributed by atoms with van der Waals surface area (Å²) in [6.07, 6.45) is 1.79. The average Bonchev–Trinajstić information content (AvgIpc) is 2.37. The first-order chi connectivity index (χ1) is 8.94. The van der Waals surface area contributed by atoms with Crippen LogP contribution in [0.5, 0.6) is 0 Å². The van der Waals surface area contributed by atoms with Crippen molar-refractivity contribution >= 4 is 15.7 Å². The van der Waals surface area contributed by atoms with Crippen LogP contribution in [0.1, 0.15) is 32.3 Å². The number of rotatable bonds is 7. The Kier molecular flexibility index (Phi) is 5.78. The van der Waals surface area contributed by atoms with Crippen molar-refractivity contribution < 1.29 is 13.5 Å². The Bertz CT molecular complexity index is 515. The topological polar surface area (TPSA) is 92.4 Å². The smallest absolute Gasteiger partial charge is 0.240 e.